The van der Waals surface area contributed by atoms with Crippen LogP contribution in [0.4, 0.5) is 19.0 Å². The second-order valence-corrected chi connectivity index (χ2v) is 7.23. The molecule has 0 bridgehead atoms. The van der Waals surface area contributed by atoms with E-state index in [-0.39, 0.29) is 29.1 Å². The Bertz CT molecular complexity index is 942. The summed E-state index contributed by atoms with van der Waals surface area (Å²) in [5.41, 5.74) is 0.765. The number of amides is 2. The number of piperidine rings is 1. The number of hydrogen-bond donors (Lipinski definition) is 3. The monoisotopic (exact) mass is 424 g/mol. The average molecular weight is 424 g/mol. The van der Waals surface area contributed by atoms with Crippen LogP contribution in [0.2, 0.25) is 0 Å². The molecule has 1 aliphatic heterocycles. The molecule has 11 heteroatoms. The molecule has 1 saturated heterocycles. The summed E-state index contributed by atoms with van der Waals surface area (Å²) in [5, 5.41) is 5.52. The highest BCUT2D eigenvalue weighted by atomic mass is 19.4. The van der Waals surface area contributed by atoms with Crippen LogP contribution in [0.15, 0.2) is 25.0 Å². The number of hydrogen-bond acceptors (Lipinski definition) is 5. The molecule has 0 aromatic carbocycles. The fourth-order valence-electron chi connectivity index (χ4n) is 3.50. The van der Waals surface area contributed by atoms with E-state index in [0.717, 1.165) is 0 Å². The molecule has 162 valence electrons. The molecule has 3 heterocycles. The third-order valence-corrected chi connectivity index (χ3v) is 5.01. The van der Waals surface area contributed by atoms with Crippen LogP contribution >= 0.6 is 0 Å². The van der Waals surface area contributed by atoms with Crippen molar-refractivity contribution in [3.05, 3.63) is 30.6 Å². The predicted molar refractivity (Wildman–Crippen MR) is 105 cm³/mol. The Labute approximate surface area is 170 Å². The van der Waals surface area contributed by atoms with Gasteiger partial charge in [-0.15, -0.1) is 0 Å². The summed E-state index contributed by atoms with van der Waals surface area (Å²) in [6.45, 7) is 5.54. The van der Waals surface area contributed by atoms with E-state index < -0.39 is 25.0 Å². The number of nitrogens with one attached hydrogen (secondary N) is 3. The minimum atomic E-state index is -4.34. The van der Waals surface area contributed by atoms with E-state index in [0.29, 0.717) is 30.9 Å². The van der Waals surface area contributed by atoms with Crippen molar-refractivity contribution in [1.82, 2.24) is 25.2 Å². The van der Waals surface area contributed by atoms with Crippen molar-refractivity contribution in [3.8, 4) is 0 Å². The van der Waals surface area contributed by atoms with Gasteiger partial charge in [-0.25, -0.2) is 9.97 Å². The third kappa shape index (κ3) is 5.08. The lowest BCUT2D eigenvalue weighted by Gasteiger charge is -2.37. The maximum Gasteiger partial charge on any atom is 0.390 e. The summed E-state index contributed by atoms with van der Waals surface area (Å²) < 4.78 is 36.8. The smallest absolute Gasteiger partial charge is 0.366 e. The van der Waals surface area contributed by atoms with Crippen molar-refractivity contribution < 1.29 is 22.8 Å². The fourth-order valence-corrected chi connectivity index (χ4v) is 3.50. The summed E-state index contributed by atoms with van der Waals surface area (Å²) in [6.07, 6.45) is 0.169. The number of aromatic amines is 1. The molecule has 30 heavy (non-hydrogen) atoms. The summed E-state index contributed by atoms with van der Waals surface area (Å²) in [4.78, 5) is 37.3. The number of anilines is 1. The quantitative estimate of drug-likeness (QED) is 0.619. The van der Waals surface area contributed by atoms with E-state index in [1.807, 2.05) is 6.92 Å². The molecule has 2 aromatic heterocycles. The number of fused-ring (bicyclic) bond motifs is 1. The number of H-pyrrole nitrogens is 1. The average Bonchev–Trinajstić information content (AvgIpc) is 3.10. The van der Waals surface area contributed by atoms with Gasteiger partial charge in [-0.2, -0.15) is 13.2 Å². The van der Waals surface area contributed by atoms with E-state index in [1.54, 1.807) is 4.90 Å². The van der Waals surface area contributed by atoms with Gasteiger partial charge in [-0.05, 0) is 25.8 Å². The Morgan fingerprint density at radius 1 is 1.43 bits per heavy atom. The SMILES string of the molecule is C=CC(=O)N1CC[C@@H](Nc2cnc3[nH]cc(C(=O)NCCC(F)(F)F)c3n2)C[C@H]1C. The lowest BCUT2D eigenvalue weighted by Crippen LogP contribution is -2.47. The van der Waals surface area contributed by atoms with Gasteiger partial charge in [0, 0.05) is 31.4 Å². The van der Waals surface area contributed by atoms with Crippen molar-refractivity contribution in [2.45, 2.75) is 44.4 Å². The van der Waals surface area contributed by atoms with E-state index in [4.69, 9.17) is 0 Å². The largest absolute Gasteiger partial charge is 0.390 e. The van der Waals surface area contributed by atoms with E-state index >= 15 is 0 Å². The lowest BCUT2D eigenvalue weighted by molar-refractivity contribution is -0.133. The van der Waals surface area contributed by atoms with Crippen molar-refractivity contribution in [3.63, 3.8) is 0 Å². The van der Waals surface area contributed by atoms with Crippen LogP contribution in [0, 0.1) is 0 Å². The van der Waals surface area contributed by atoms with Gasteiger partial charge in [0.15, 0.2) is 5.65 Å². The molecular formula is C19H23F3N6O2. The molecule has 3 N–H and O–H groups in total. The van der Waals surface area contributed by atoms with Gasteiger partial charge in [-0.3, -0.25) is 9.59 Å². The molecule has 2 aromatic rings. The molecule has 1 fully saturated rings. The minimum Gasteiger partial charge on any atom is -0.366 e. The van der Waals surface area contributed by atoms with E-state index in [2.05, 4.69) is 32.2 Å². The van der Waals surface area contributed by atoms with Crippen LogP contribution in [0.1, 0.15) is 36.5 Å². The second kappa shape index (κ2) is 8.72. The minimum absolute atomic E-state index is 0.0284. The summed E-state index contributed by atoms with van der Waals surface area (Å²) >= 11 is 0. The number of carbonyl (C=O) groups is 2. The molecule has 2 amide bonds. The number of carbonyl (C=O) groups excluding carboxylic acids is 2. The van der Waals surface area contributed by atoms with Crippen molar-refractivity contribution in [1.29, 1.82) is 0 Å². The maximum atomic E-state index is 12.3. The van der Waals surface area contributed by atoms with Crippen molar-refractivity contribution in [2.24, 2.45) is 0 Å². The normalized spacial score (nSPS) is 19.5. The van der Waals surface area contributed by atoms with Crippen molar-refractivity contribution in [2.75, 3.05) is 18.4 Å². The zero-order valence-electron chi connectivity index (χ0n) is 16.4. The highest BCUT2D eigenvalue weighted by Crippen LogP contribution is 2.23. The number of alkyl halides is 3. The van der Waals surface area contributed by atoms with Crippen molar-refractivity contribution >= 4 is 28.8 Å². The van der Waals surface area contributed by atoms with Crippen LogP contribution < -0.4 is 10.6 Å². The molecule has 1 aliphatic rings. The Morgan fingerprint density at radius 2 is 2.20 bits per heavy atom. The molecule has 0 spiro atoms. The topological polar surface area (TPSA) is 103 Å². The number of aromatic nitrogens is 3. The van der Waals surface area contributed by atoms with Gasteiger partial charge in [-0.1, -0.05) is 6.58 Å². The first kappa shape index (κ1) is 21.6. The highest BCUT2D eigenvalue weighted by molar-refractivity contribution is 6.04. The first-order chi connectivity index (χ1) is 14.2. The molecule has 0 radical (unpaired) electrons. The zero-order valence-corrected chi connectivity index (χ0v) is 16.4. The number of rotatable bonds is 6. The van der Waals surface area contributed by atoms with Crippen LogP contribution in [-0.2, 0) is 4.79 Å². The zero-order chi connectivity index (χ0) is 21.9. The Balaban J connectivity index is 1.67. The second-order valence-electron chi connectivity index (χ2n) is 7.23. The Morgan fingerprint density at radius 3 is 2.87 bits per heavy atom. The Hall–Kier alpha value is -3.11. The summed E-state index contributed by atoms with van der Waals surface area (Å²) in [6, 6.07) is 0.0873. The summed E-state index contributed by atoms with van der Waals surface area (Å²) in [7, 11) is 0. The highest BCUT2D eigenvalue weighted by Gasteiger charge is 2.28. The molecule has 0 saturated carbocycles. The first-order valence-electron chi connectivity index (χ1n) is 9.56. The third-order valence-electron chi connectivity index (χ3n) is 5.01. The lowest BCUT2D eigenvalue weighted by atomic mass is 9.98. The molecule has 2 atom stereocenters. The van der Waals surface area contributed by atoms with Gasteiger partial charge in [0.2, 0.25) is 5.91 Å². The van der Waals surface area contributed by atoms with Crippen LogP contribution in [0.25, 0.3) is 11.2 Å². The molecule has 0 unspecified atom stereocenters. The number of nitrogens with zero attached hydrogens (tertiary/aromatic N) is 3. The standard InChI is InChI=1S/C19H23F3N6O2/c1-3-15(29)28-7-4-12(8-11(28)2)26-14-10-25-17-16(27-14)13(9-24-17)18(30)23-6-5-19(20,21)22/h3,9-12H,1,4-8H2,2H3,(H,23,30)(H,24,25)(H,26,27)/t11-,12-/m1/s1. The van der Waals surface area contributed by atoms with Gasteiger partial charge < -0.3 is 20.5 Å². The predicted octanol–water partition coefficient (Wildman–Crippen LogP) is 2.62. The van der Waals surface area contributed by atoms with Gasteiger partial charge in [0.05, 0.1) is 18.2 Å². The van der Waals surface area contributed by atoms with Gasteiger partial charge in [0.1, 0.15) is 11.3 Å². The maximum absolute atomic E-state index is 12.3. The fraction of sp³-hybridized carbons (Fsp3) is 0.474. The van der Waals surface area contributed by atoms with Crippen LogP contribution in [0.3, 0.4) is 0 Å². The van der Waals surface area contributed by atoms with E-state index in [9.17, 15) is 22.8 Å². The number of likely N-dealkylation sites (tertiary alicyclic amines) is 1. The molecular weight excluding hydrogens is 401 g/mol. The molecule has 0 aliphatic carbocycles. The molecule has 8 nitrogen and oxygen atoms in total. The van der Waals surface area contributed by atoms with Gasteiger partial charge in [0.25, 0.3) is 5.91 Å². The number of halogens is 3. The van der Waals surface area contributed by atoms with E-state index in [1.165, 1.54) is 18.5 Å². The summed E-state index contributed by atoms with van der Waals surface area (Å²) in [5.74, 6) is -0.301. The van der Waals surface area contributed by atoms with Crippen LogP contribution in [0.5, 0.6) is 0 Å². The van der Waals surface area contributed by atoms with Crippen LogP contribution in [-0.4, -0.2) is 63.0 Å². The van der Waals surface area contributed by atoms with Gasteiger partial charge >= 0.3 is 6.18 Å². The first-order valence-corrected chi connectivity index (χ1v) is 9.56. The molecule has 3 rings (SSSR count). The Kier molecular flexibility index (Phi) is 6.28.